The van der Waals surface area contributed by atoms with Gasteiger partial charge in [-0.1, -0.05) is 32.9 Å². The molecule has 0 spiro atoms. The Balaban J connectivity index is 1.25. The third-order valence-corrected chi connectivity index (χ3v) is 7.46. The maximum absolute atomic E-state index is 12.6. The molecule has 1 aliphatic rings. The van der Waals surface area contributed by atoms with Crippen molar-refractivity contribution in [2.45, 2.75) is 52.7 Å². The molecule has 36 heavy (non-hydrogen) atoms. The molecule has 1 amide bonds. The topological polar surface area (TPSA) is 110 Å². The van der Waals surface area contributed by atoms with Crippen LogP contribution in [-0.2, 0) is 25.0 Å². The number of aromatic nitrogens is 5. The number of benzene rings is 1. The van der Waals surface area contributed by atoms with Crippen molar-refractivity contribution >= 4 is 28.9 Å². The molecule has 1 aromatic carbocycles. The SMILES string of the molecule is Cc1cc(-c2cc(Nc3cc4n(n3)CCNC4)ncn2)ccc1CNC(=O)c1cnc(C(C)(C)C)s1. The molecule has 0 atom stereocenters. The number of carbonyl (C=O) groups excluding carboxylic acids is 1. The van der Waals surface area contributed by atoms with Gasteiger partial charge in [-0.25, -0.2) is 15.0 Å². The van der Waals surface area contributed by atoms with Gasteiger partial charge in [0.05, 0.1) is 29.1 Å². The molecule has 10 heteroatoms. The highest BCUT2D eigenvalue weighted by Gasteiger charge is 2.20. The van der Waals surface area contributed by atoms with Crippen LogP contribution in [0.15, 0.2) is 42.9 Å². The summed E-state index contributed by atoms with van der Waals surface area (Å²) < 4.78 is 2.01. The van der Waals surface area contributed by atoms with Crippen molar-refractivity contribution in [2.75, 3.05) is 11.9 Å². The lowest BCUT2D eigenvalue weighted by Gasteiger charge is -2.13. The van der Waals surface area contributed by atoms with Crippen molar-refractivity contribution in [3.05, 3.63) is 69.6 Å². The Labute approximate surface area is 214 Å². The first-order valence-electron chi connectivity index (χ1n) is 12.0. The quantitative estimate of drug-likeness (QED) is 0.363. The smallest absolute Gasteiger partial charge is 0.263 e. The Morgan fingerprint density at radius 2 is 2.00 bits per heavy atom. The normalized spacial score (nSPS) is 13.3. The molecule has 0 radical (unpaired) electrons. The van der Waals surface area contributed by atoms with E-state index in [-0.39, 0.29) is 11.3 Å². The van der Waals surface area contributed by atoms with Crippen molar-refractivity contribution in [2.24, 2.45) is 0 Å². The Hall–Kier alpha value is -3.63. The van der Waals surface area contributed by atoms with Gasteiger partial charge in [-0.3, -0.25) is 9.48 Å². The lowest BCUT2D eigenvalue weighted by molar-refractivity contribution is 0.0954. The van der Waals surface area contributed by atoms with E-state index in [1.54, 1.807) is 12.5 Å². The van der Waals surface area contributed by atoms with Gasteiger partial charge in [0.1, 0.15) is 17.0 Å². The largest absolute Gasteiger partial charge is 0.347 e. The second-order valence-corrected chi connectivity index (χ2v) is 11.0. The molecular formula is C26H30N8OS. The molecule has 9 nitrogen and oxygen atoms in total. The standard InChI is InChI=1S/C26H30N8OS/c1-16-9-17(5-6-18(16)12-28-24(35)21-14-29-25(36-21)26(2,3)4)20-11-22(31-15-30-20)32-23-10-19-13-27-7-8-34(19)33-23/h5-6,9-11,14-15,27H,7-8,12-13H2,1-4H3,(H,28,35)(H,30,31,32,33). The number of thiazole rings is 1. The molecule has 4 heterocycles. The number of nitrogens with one attached hydrogen (secondary N) is 3. The van der Waals surface area contributed by atoms with Crippen molar-refractivity contribution in [3.63, 3.8) is 0 Å². The van der Waals surface area contributed by atoms with E-state index >= 15 is 0 Å². The Bertz CT molecular complexity index is 1380. The number of nitrogens with zero attached hydrogens (tertiary/aromatic N) is 5. The fraction of sp³-hybridized carbons (Fsp3) is 0.346. The molecule has 0 saturated heterocycles. The zero-order chi connectivity index (χ0) is 25.3. The molecule has 0 aliphatic carbocycles. The number of fused-ring (bicyclic) bond motifs is 1. The maximum Gasteiger partial charge on any atom is 0.263 e. The summed E-state index contributed by atoms with van der Waals surface area (Å²) in [5.74, 6) is 1.36. The lowest BCUT2D eigenvalue weighted by atomic mass is 9.98. The summed E-state index contributed by atoms with van der Waals surface area (Å²) in [4.78, 5) is 26.5. The number of hydrogen-bond donors (Lipinski definition) is 3. The summed E-state index contributed by atoms with van der Waals surface area (Å²) in [7, 11) is 0. The van der Waals surface area contributed by atoms with Crippen LogP contribution in [0.2, 0.25) is 0 Å². The monoisotopic (exact) mass is 502 g/mol. The zero-order valence-corrected chi connectivity index (χ0v) is 21.7. The van der Waals surface area contributed by atoms with E-state index < -0.39 is 0 Å². The van der Waals surface area contributed by atoms with Crippen LogP contribution in [-0.4, -0.2) is 37.2 Å². The van der Waals surface area contributed by atoms with Gasteiger partial charge in [-0.05, 0) is 24.1 Å². The minimum absolute atomic E-state index is 0.0679. The van der Waals surface area contributed by atoms with Crippen LogP contribution >= 0.6 is 11.3 Å². The lowest BCUT2D eigenvalue weighted by Crippen LogP contribution is -2.28. The summed E-state index contributed by atoms with van der Waals surface area (Å²) in [6.45, 7) is 11.4. The first-order valence-corrected chi connectivity index (χ1v) is 12.8. The number of carbonyl (C=O) groups is 1. The fourth-order valence-electron chi connectivity index (χ4n) is 4.01. The van der Waals surface area contributed by atoms with Crippen molar-refractivity contribution in [1.82, 2.24) is 35.4 Å². The second kappa shape index (κ2) is 9.79. The molecule has 0 bridgehead atoms. The van der Waals surface area contributed by atoms with Gasteiger partial charge in [-0.15, -0.1) is 11.3 Å². The summed E-state index contributed by atoms with van der Waals surface area (Å²) in [5.41, 5.74) is 5.02. The molecule has 0 saturated carbocycles. The third kappa shape index (κ3) is 5.29. The van der Waals surface area contributed by atoms with E-state index in [1.165, 1.54) is 11.3 Å². The molecule has 3 aromatic heterocycles. The van der Waals surface area contributed by atoms with Crippen LogP contribution in [0.1, 0.15) is 52.3 Å². The highest BCUT2D eigenvalue weighted by Crippen LogP contribution is 2.27. The number of amides is 1. The van der Waals surface area contributed by atoms with E-state index in [0.717, 1.165) is 58.5 Å². The summed E-state index contributed by atoms with van der Waals surface area (Å²) in [5, 5.41) is 15.2. The van der Waals surface area contributed by atoms with E-state index in [2.05, 4.69) is 62.8 Å². The molecule has 4 aromatic rings. The minimum atomic E-state index is -0.102. The van der Waals surface area contributed by atoms with E-state index in [0.29, 0.717) is 17.2 Å². The molecule has 0 unspecified atom stereocenters. The minimum Gasteiger partial charge on any atom is -0.347 e. The first-order chi connectivity index (χ1) is 17.3. The average Bonchev–Trinajstić information content (AvgIpc) is 3.50. The van der Waals surface area contributed by atoms with Gasteiger partial charge >= 0.3 is 0 Å². The van der Waals surface area contributed by atoms with Gasteiger partial charge in [-0.2, -0.15) is 5.10 Å². The van der Waals surface area contributed by atoms with Crippen molar-refractivity contribution < 1.29 is 4.79 Å². The fourth-order valence-corrected chi connectivity index (χ4v) is 4.90. The van der Waals surface area contributed by atoms with Crippen molar-refractivity contribution in [1.29, 1.82) is 0 Å². The van der Waals surface area contributed by atoms with Gasteiger partial charge in [0.25, 0.3) is 5.91 Å². The zero-order valence-electron chi connectivity index (χ0n) is 20.9. The van der Waals surface area contributed by atoms with Gasteiger partial charge in [0, 0.05) is 42.7 Å². The van der Waals surface area contributed by atoms with E-state index in [9.17, 15) is 4.79 Å². The van der Waals surface area contributed by atoms with Crippen LogP contribution < -0.4 is 16.0 Å². The maximum atomic E-state index is 12.6. The number of hydrogen-bond acceptors (Lipinski definition) is 8. The molecule has 0 fully saturated rings. The summed E-state index contributed by atoms with van der Waals surface area (Å²) in [6.07, 6.45) is 3.21. The van der Waals surface area contributed by atoms with E-state index in [4.69, 9.17) is 0 Å². The highest BCUT2D eigenvalue weighted by atomic mass is 32.1. The summed E-state index contributed by atoms with van der Waals surface area (Å²) in [6, 6.07) is 10.1. The number of anilines is 2. The van der Waals surface area contributed by atoms with Crippen LogP contribution in [0.5, 0.6) is 0 Å². The molecule has 5 rings (SSSR count). The van der Waals surface area contributed by atoms with Gasteiger partial charge in [0.2, 0.25) is 0 Å². The van der Waals surface area contributed by atoms with Crippen LogP contribution in [0, 0.1) is 6.92 Å². The predicted molar refractivity (Wildman–Crippen MR) is 141 cm³/mol. The van der Waals surface area contributed by atoms with Crippen LogP contribution in [0.3, 0.4) is 0 Å². The van der Waals surface area contributed by atoms with Crippen LogP contribution in [0.25, 0.3) is 11.3 Å². The molecule has 3 N–H and O–H groups in total. The highest BCUT2D eigenvalue weighted by molar-refractivity contribution is 7.13. The predicted octanol–water partition coefficient (Wildman–Crippen LogP) is 4.18. The Morgan fingerprint density at radius 3 is 2.75 bits per heavy atom. The Kier molecular flexibility index (Phi) is 6.55. The Morgan fingerprint density at radius 1 is 1.14 bits per heavy atom. The van der Waals surface area contributed by atoms with Crippen LogP contribution in [0.4, 0.5) is 11.6 Å². The average molecular weight is 503 g/mol. The van der Waals surface area contributed by atoms with Crippen molar-refractivity contribution in [3.8, 4) is 11.3 Å². The molecular weight excluding hydrogens is 472 g/mol. The number of aryl methyl sites for hydroxylation is 1. The van der Waals surface area contributed by atoms with E-state index in [1.807, 2.05) is 35.9 Å². The first kappa shape index (κ1) is 24.1. The molecule has 186 valence electrons. The molecule has 1 aliphatic heterocycles. The van der Waals surface area contributed by atoms with Gasteiger partial charge < -0.3 is 16.0 Å². The third-order valence-electron chi connectivity index (χ3n) is 6.04. The van der Waals surface area contributed by atoms with Gasteiger partial charge in [0.15, 0.2) is 5.82 Å². The summed E-state index contributed by atoms with van der Waals surface area (Å²) >= 11 is 1.44. The number of rotatable bonds is 6. The second-order valence-electron chi connectivity index (χ2n) is 9.94.